The van der Waals surface area contributed by atoms with Crippen LogP contribution < -0.4 is 5.32 Å². The molecule has 3 unspecified atom stereocenters. The Kier molecular flexibility index (Phi) is 51.5. The van der Waals surface area contributed by atoms with Crippen LogP contribution >= 0.6 is 7.82 Å². The summed E-state index contributed by atoms with van der Waals surface area (Å²) in [4.78, 5) is 23.4. The zero-order valence-electron chi connectivity index (χ0n) is 47.1. The fraction of sp³-hybridized carbons (Fsp3) is 0.950. The highest BCUT2D eigenvalue weighted by Gasteiger charge is 2.28. The number of hydrogen-bond acceptors (Lipinski definition) is 5. The summed E-state index contributed by atoms with van der Waals surface area (Å²) in [6, 6.07) is -0.759. The van der Waals surface area contributed by atoms with E-state index in [-0.39, 0.29) is 19.1 Å². The molecule has 8 nitrogen and oxygen atoms in total. The van der Waals surface area contributed by atoms with Crippen molar-refractivity contribution in [1.29, 1.82) is 0 Å². The van der Waals surface area contributed by atoms with Gasteiger partial charge < -0.3 is 19.8 Å². The monoisotopic (exact) mass is 998 g/mol. The van der Waals surface area contributed by atoms with Gasteiger partial charge in [0.1, 0.15) is 13.2 Å². The fourth-order valence-corrected chi connectivity index (χ4v) is 10.2. The largest absolute Gasteiger partial charge is 0.472 e. The van der Waals surface area contributed by atoms with Crippen LogP contribution in [0, 0.1) is 0 Å². The first-order chi connectivity index (χ1) is 33.5. The molecule has 0 saturated carbocycles. The minimum atomic E-state index is -4.32. The predicted octanol–water partition coefficient (Wildman–Crippen LogP) is 18.6. The quantitative estimate of drug-likeness (QED) is 0.0243. The molecule has 9 heteroatoms. The average molecular weight is 999 g/mol. The van der Waals surface area contributed by atoms with Crippen LogP contribution in [0.1, 0.15) is 316 Å². The molecule has 3 N–H and O–H groups in total. The standard InChI is InChI=1S/C60H121N2O6P/c1-6-8-10-12-14-16-18-20-22-24-26-28-29-30-31-32-34-36-38-40-42-44-46-48-50-52-54-60(64)61-58(57-68-69(65,66)67-56-55-62(3,4)5)59(63)53-51-49-47-45-43-41-39-37-35-33-27-25-23-21-19-17-15-13-11-9-7-2/h30-31,58-59,63H,6-29,32-57H2,1-5H3,(H-,61,64,65,66)/p+1/b31-30-. The van der Waals surface area contributed by atoms with E-state index in [4.69, 9.17) is 9.05 Å². The minimum absolute atomic E-state index is 0.0771. The lowest BCUT2D eigenvalue weighted by atomic mass is 10.0. The third-order valence-corrected chi connectivity index (χ3v) is 15.2. The molecule has 0 aromatic rings. The molecular formula is C60H122N2O6P+. The number of unbranched alkanes of at least 4 members (excludes halogenated alkanes) is 42. The minimum Gasteiger partial charge on any atom is -0.391 e. The molecule has 0 aromatic carbocycles. The van der Waals surface area contributed by atoms with Crippen molar-refractivity contribution >= 4 is 13.7 Å². The van der Waals surface area contributed by atoms with Gasteiger partial charge in [-0.15, -0.1) is 0 Å². The van der Waals surface area contributed by atoms with Gasteiger partial charge in [-0.25, -0.2) is 4.57 Å². The predicted molar refractivity (Wildman–Crippen MR) is 300 cm³/mol. The number of aliphatic hydroxyl groups excluding tert-OH is 1. The molecule has 0 bridgehead atoms. The number of carbonyl (C=O) groups is 1. The highest BCUT2D eigenvalue weighted by atomic mass is 31.2. The first-order valence-electron chi connectivity index (χ1n) is 30.6. The molecule has 412 valence electrons. The molecule has 0 fully saturated rings. The smallest absolute Gasteiger partial charge is 0.391 e. The van der Waals surface area contributed by atoms with E-state index in [1.54, 1.807) is 0 Å². The first-order valence-corrected chi connectivity index (χ1v) is 32.0. The Labute approximate surface area is 431 Å². The number of aliphatic hydroxyl groups is 1. The average Bonchev–Trinajstić information content (AvgIpc) is 3.31. The Morgan fingerprint density at radius 1 is 0.478 bits per heavy atom. The third-order valence-electron chi connectivity index (χ3n) is 14.3. The van der Waals surface area contributed by atoms with Crippen molar-refractivity contribution in [1.82, 2.24) is 5.32 Å². The number of hydrogen-bond donors (Lipinski definition) is 3. The number of nitrogens with one attached hydrogen (secondary N) is 1. The van der Waals surface area contributed by atoms with Gasteiger partial charge in [-0.2, -0.15) is 0 Å². The number of allylic oxidation sites excluding steroid dienone is 2. The number of quaternary nitrogens is 1. The van der Waals surface area contributed by atoms with Crippen LogP contribution in [0.3, 0.4) is 0 Å². The van der Waals surface area contributed by atoms with Crippen LogP contribution in [0.4, 0.5) is 0 Å². The van der Waals surface area contributed by atoms with Gasteiger partial charge in [0.2, 0.25) is 5.91 Å². The van der Waals surface area contributed by atoms with Gasteiger partial charge in [0.05, 0.1) is 39.9 Å². The number of phosphoric ester groups is 1. The SMILES string of the molecule is CCCCCCCCCCCCCC/C=C\CCCCCCCCCCCCC(=O)NC(COP(=O)(O)OCC[N+](C)(C)C)C(O)CCCCCCCCCCCCCCCCCCCCCCC. The molecular weight excluding hydrogens is 876 g/mol. The van der Waals surface area contributed by atoms with Crippen LogP contribution in [0.2, 0.25) is 0 Å². The van der Waals surface area contributed by atoms with E-state index >= 15 is 0 Å². The molecule has 0 spiro atoms. The number of rotatable bonds is 57. The van der Waals surface area contributed by atoms with Gasteiger partial charge in [-0.05, 0) is 38.5 Å². The summed E-state index contributed by atoms with van der Waals surface area (Å²) in [6.07, 6.45) is 64.2. The highest BCUT2D eigenvalue weighted by Crippen LogP contribution is 2.43. The molecule has 1 amide bonds. The number of nitrogens with zero attached hydrogens (tertiary/aromatic N) is 1. The number of likely N-dealkylation sites (N-methyl/N-ethyl adjacent to an activating group) is 1. The Bertz CT molecular complexity index is 1130. The maximum atomic E-state index is 13.0. The van der Waals surface area contributed by atoms with Crippen LogP contribution in [0.15, 0.2) is 12.2 Å². The normalized spacial score (nSPS) is 13.9. The van der Waals surface area contributed by atoms with Crippen molar-refractivity contribution in [3.05, 3.63) is 12.2 Å². The van der Waals surface area contributed by atoms with Crippen molar-refractivity contribution in [2.75, 3.05) is 40.9 Å². The van der Waals surface area contributed by atoms with E-state index < -0.39 is 20.0 Å². The summed E-state index contributed by atoms with van der Waals surface area (Å²) < 4.78 is 23.8. The second-order valence-electron chi connectivity index (χ2n) is 22.4. The maximum Gasteiger partial charge on any atom is 0.472 e. The lowest BCUT2D eigenvalue weighted by Crippen LogP contribution is -2.46. The lowest BCUT2D eigenvalue weighted by Gasteiger charge is -2.26. The summed E-state index contributed by atoms with van der Waals surface area (Å²) >= 11 is 0. The lowest BCUT2D eigenvalue weighted by molar-refractivity contribution is -0.870. The Morgan fingerprint density at radius 2 is 0.783 bits per heavy atom. The summed E-state index contributed by atoms with van der Waals surface area (Å²) in [5, 5.41) is 14.1. The number of amides is 1. The summed E-state index contributed by atoms with van der Waals surface area (Å²) in [6.45, 7) is 4.94. The third kappa shape index (κ3) is 54.8. The van der Waals surface area contributed by atoms with Crippen LogP contribution in [-0.2, 0) is 18.4 Å². The number of carbonyl (C=O) groups excluding carboxylic acids is 1. The van der Waals surface area contributed by atoms with Crippen LogP contribution in [0.25, 0.3) is 0 Å². The van der Waals surface area contributed by atoms with E-state index in [0.29, 0.717) is 23.9 Å². The van der Waals surface area contributed by atoms with Crippen molar-refractivity contribution in [2.24, 2.45) is 0 Å². The maximum absolute atomic E-state index is 13.0. The molecule has 0 aliphatic heterocycles. The molecule has 0 saturated heterocycles. The van der Waals surface area contributed by atoms with Crippen molar-refractivity contribution in [2.45, 2.75) is 328 Å². The van der Waals surface area contributed by atoms with Gasteiger partial charge in [0, 0.05) is 6.42 Å². The molecule has 0 aromatic heterocycles. The van der Waals surface area contributed by atoms with E-state index in [1.807, 2.05) is 21.1 Å². The summed E-state index contributed by atoms with van der Waals surface area (Å²) in [5.74, 6) is -0.139. The molecule has 0 aliphatic rings. The molecule has 0 rings (SSSR count). The summed E-state index contributed by atoms with van der Waals surface area (Å²) in [5.41, 5.74) is 0. The zero-order chi connectivity index (χ0) is 50.6. The van der Waals surface area contributed by atoms with Gasteiger partial charge in [-0.1, -0.05) is 283 Å². The van der Waals surface area contributed by atoms with E-state index in [9.17, 15) is 19.4 Å². The first kappa shape index (κ1) is 68.2. The van der Waals surface area contributed by atoms with Crippen LogP contribution in [-0.4, -0.2) is 73.4 Å². The second-order valence-corrected chi connectivity index (χ2v) is 23.9. The van der Waals surface area contributed by atoms with Gasteiger partial charge in [0.25, 0.3) is 0 Å². The van der Waals surface area contributed by atoms with E-state index in [0.717, 1.165) is 38.5 Å². The molecule has 3 atom stereocenters. The zero-order valence-corrected chi connectivity index (χ0v) is 48.0. The van der Waals surface area contributed by atoms with Crippen molar-refractivity contribution in [3.8, 4) is 0 Å². The molecule has 0 radical (unpaired) electrons. The van der Waals surface area contributed by atoms with Gasteiger partial charge >= 0.3 is 7.82 Å². The molecule has 0 heterocycles. The number of phosphoric acid groups is 1. The summed E-state index contributed by atoms with van der Waals surface area (Å²) in [7, 11) is 1.63. The topological polar surface area (TPSA) is 105 Å². The highest BCUT2D eigenvalue weighted by molar-refractivity contribution is 7.47. The van der Waals surface area contributed by atoms with E-state index in [1.165, 1.54) is 250 Å². The molecule has 0 aliphatic carbocycles. The van der Waals surface area contributed by atoms with Crippen LogP contribution in [0.5, 0.6) is 0 Å². The fourth-order valence-electron chi connectivity index (χ4n) is 9.46. The van der Waals surface area contributed by atoms with Crippen molar-refractivity contribution in [3.63, 3.8) is 0 Å². The Hall–Kier alpha value is -0.760. The van der Waals surface area contributed by atoms with E-state index in [2.05, 4.69) is 31.3 Å². The molecule has 69 heavy (non-hydrogen) atoms. The Balaban J connectivity index is 4.10. The van der Waals surface area contributed by atoms with Crippen molar-refractivity contribution < 1.29 is 32.9 Å². The second kappa shape index (κ2) is 52.1. The van der Waals surface area contributed by atoms with Gasteiger partial charge in [0.15, 0.2) is 0 Å². The van der Waals surface area contributed by atoms with Gasteiger partial charge in [-0.3, -0.25) is 13.8 Å². The Morgan fingerprint density at radius 3 is 1.12 bits per heavy atom.